The zero-order chi connectivity index (χ0) is 11.3. The number of amides is 1. The predicted octanol–water partition coefficient (Wildman–Crippen LogP) is 0.464. The number of ketones is 1. The number of hydrogen-bond acceptors (Lipinski definition) is 3. The van der Waals surface area contributed by atoms with Crippen molar-refractivity contribution in [2.75, 3.05) is 6.54 Å². The average Bonchev–Trinajstić information content (AvgIpc) is 2.26. The van der Waals surface area contributed by atoms with Gasteiger partial charge in [0.1, 0.15) is 6.04 Å². The Morgan fingerprint density at radius 3 is 2.40 bits per heavy atom. The van der Waals surface area contributed by atoms with E-state index < -0.39 is 12.1 Å². The first-order valence-corrected chi connectivity index (χ1v) is 4.44. The van der Waals surface area contributed by atoms with Crippen molar-refractivity contribution in [2.24, 2.45) is 5.73 Å². The molecule has 0 radical (unpaired) electrons. The first kappa shape index (κ1) is 11.2. The molecule has 0 aromatic heterocycles. The van der Waals surface area contributed by atoms with Gasteiger partial charge in [0, 0.05) is 12.1 Å². The lowest BCUT2D eigenvalue weighted by Gasteiger charge is -2.12. The number of rotatable bonds is 4. The fourth-order valence-corrected chi connectivity index (χ4v) is 1.18. The molecule has 4 N–H and O–H groups in total. The van der Waals surface area contributed by atoms with E-state index in [2.05, 4.69) is 5.32 Å². The molecule has 80 valence electrons. The Balaban J connectivity index is 2.78. The van der Waals surface area contributed by atoms with Gasteiger partial charge in [-0.3, -0.25) is 4.79 Å². The molecule has 0 spiro atoms. The minimum Gasteiger partial charge on any atom is -0.465 e. The van der Waals surface area contributed by atoms with Gasteiger partial charge in [-0.2, -0.15) is 0 Å². The van der Waals surface area contributed by atoms with Gasteiger partial charge in [-0.25, -0.2) is 4.79 Å². The van der Waals surface area contributed by atoms with Crippen LogP contribution in [0.15, 0.2) is 30.3 Å². The van der Waals surface area contributed by atoms with Gasteiger partial charge in [0.25, 0.3) is 0 Å². The van der Waals surface area contributed by atoms with Crippen molar-refractivity contribution in [1.82, 2.24) is 5.32 Å². The van der Waals surface area contributed by atoms with E-state index in [4.69, 9.17) is 10.8 Å². The van der Waals surface area contributed by atoms with Crippen LogP contribution in [0.1, 0.15) is 10.4 Å². The van der Waals surface area contributed by atoms with Crippen LogP contribution in [-0.4, -0.2) is 29.6 Å². The van der Waals surface area contributed by atoms with E-state index in [0.29, 0.717) is 5.56 Å². The number of carbonyl (C=O) groups excluding carboxylic acids is 1. The molecule has 5 nitrogen and oxygen atoms in total. The molecule has 0 fully saturated rings. The van der Waals surface area contributed by atoms with Crippen molar-refractivity contribution >= 4 is 11.9 Å². The predicted molar refractivity (Wildman–Crippen MR) is 54.8 cm³/mol. The number of benzene rings is 1. The Morgan fingerprint density at radius 1 is 1.33 bits per heavy atom. The lowest BCUT2D eigenvalue weighted by atomic mass is 10.0. The van der Waals surface area contributed by atoms with Crippen LogP contribution in [0.25, 0.3) is 0 Å². The SMILES string of the molecule is NCC(NC(=O)O)C(=O)c1ccccc1. The molecule has 5 heteroatoms. The fraction of sp³-hybridized carbons (Fsp3) is 0.200. The largest absolute Gasteiger partial charge is 0.465 e. The van der Waals surface area contributed by atoms with E-state index in [1.807, 2.05) is 0 Å². The molecule has 1 atom stereocenters. The van der Waals surface area contributed by atoms with Gasteiger partial charge < -0.3 is 16.2 Å². The second-order valence-corrected chi connectivity index (χ2v) is 2.97. The van der Waals surface area contributed by atoms with Crippen LogP contribution in [-0.2, 0) is 0 Å². The smallest absolute Gasteiger partial charge is 0.405 e. The quantitative estimate of drug-likeness (QED) is 0.627. The topological polar surface area (TPSA) is 92.4 Å². The monoisotopic (exact) mass is 208 g/mol. The Morgan fingerprint density at radius 2 is 1.93 bits per heavy atom. The molecule has 1 amide bonds. The summed E-state index contributed by atoms with van der Waals surface area (Å²) >= 11 is 0. The molecule has 0 saturated heterocycles. The van der Waals surface area contributed by atoms with Gasteiger partial charge in [0.2, 0.25) is 0 Å². The van der Waals surface area contributed by atoms with Crippen LogP contribution < -0.4 is 11.1 Å². The summed E-state index contributed by atoms with van der Waals surface area (Å²) < 4.78 is 0. The molecular weight excluding hydrogens is 196 g/mol. The number of Topliss-reactive ketones (excluding diaryl/α,β-unsaturated/α-hetero) is 1. The van der Waals surface area contributed by atoms with E-state index in [-0.39, 0.29) is 12.3 Å². The van der Waals surface area contributed by atoms with Gasteiger partial charge >= 0.3 is 6.09 Å². The van der Waals surface area contributed by atoms with Crippen molar-refractivity contribution in [1.29, 1.82) is 0 Å². The summed E-state index contributed by atoms with van der Waals surface area (Å²) in [6, 6.07) is 7.55. The van der Waals surface area contributed by atoms with E-state index in [1.165, 1.54) is 0 Å². The lowest BCUT2D eigenvalue weighted by Crippen LogP contribution is -2.45. The minimum atomic E-state index is -1.25. The summed E-state index contributed by atoms with van der Waals surface area (Å²) in [7, 11) is 0. The van der Waals surface area contributed by atoms with E-state index in [0.717, 1.165) is 0 Å². The van der Waals surface area contributed by atoms with Gasteiger partial charge in [-0.15, -0.1) is 0 Å². The minimum absolute atomic E-state index is 0.0555. The molecule has 1 unspecified atom stereocenters. The molecular formula is C10H12N2O3. The summed E-state index contributed by atoms with van der Waals surface area (Å²) in [5.41, 5.74) is 5.76. The van der Waals surface area contributed by atoms with Crippen LogP contribution >= 0.6 is 0 Å². The fourth-order valence-electron chi connectivity index (χ4n) is 1.18. The average molecular weight is 208 g/mol. The van der Waals surface area contributed by atoms with Crippen LogP contribution in [0.5, 0.6) is 0 Å². The zero-order valence-electron chi connectivity index (χ0n) is 8.01. The third kappa shape index (κ3) is 3.07. The highest BCUT2D eigenvalue weighted by atomic mass is 16.4. The number of nitrogens with two attached hydrogens (primary N) is 1. The first-order chi connectivity index (χ1) is 7.15. The normalized spacial score (nSPS) is 11.8. The lowest BCUT2D eigenvalue weighted by molar-refractivity contribution is 0.0940. The van der Waals surface area contributed by atoms with Gasteiger partial charge in [-0.05, 0) is 0 Å². The first-order valence-electron chi connectivity index (χ1n) is 4.44. The Labute approximate surface area is 86.9 Å². The number of carboxylic acid groups (broad SMARTS) is 1. The Kier molecular flexibility index (Phi) is 3.82. The van der Waals surface area contributed by atoms with Gasteiger partial charge in [0.05, 0.1) is 0 Å². The summed E-state index contributed by atoms with van der Waals surface area (Å²) in [6.45, 7) is -0.0555. The van der Waals surface area contributed by atoms with Gasteiger partial charge in [-0.1, -0.05) is 30.3 Å². The van der Waals surface area contributed by atoms with Crippen LogP contribution in [0.2, 0.25) is 0 Å². The van der Waals surface area contributed by atoms with E-state index >= 15 is 0 Å². The molecule has 15 heavy (non-hydrogen) atoms. The third-order valence-corrected chi connectivity index (χ3v) is 1.91. The summed E-state index contributed by atoms with van der Waals surface area (Å²) in [5, 5.41) is 10.6. The molecule has 1 aromatic rings. The zero-order valence-corrected chi connectivity index (χ0v) is 8.01. The number of hydrogen-bond donors (Lipinski definition) is 3. The maximum Gasteiger partial charge on any atom is 0.405 e. The van der Waals surface area contributed by atoms with E-state index in [1.54, 1.807) is 30.3 Å². The molecule has 0 aliphatic rings. The molecule has 1 aromatic carbocycles. The summed E-state index contributed by atoms with van der Waals surface area (Å²) in [6.07, 6.45) is -1.25. The third-order valence-electron chi connectivity index (χ3n) is 1.91. The van der Waals surface area contributed by atoms with Crippen molar-refractivity contribution < 1.29 is 14.7 Å². The maximum absolute atomic E-state index is 11.7. The standard InChI is InChI=1S/C10H12N2O3/c11-6-8(12-10(14)15)9(13)7-4-2-1-3-5-7/h1-5,8,12H,6,11H2,(H,14,15). The van der Waals surface area contributed by atoms with Crippen molar-refractivity contribution in [2.45, 2.75) is 6.04 Å². The molecule has 0 aliphatic carbocycles. The highest BCUT2D eigenvalue weighted by molar-refractivity contribution is 6.01. The van der Waals surface area contributed by atoms with Gasteiger partial charge in [0.15, 0.2) is 5.78 Å². The van der Waals surface area contributed by atoms with Crippen LogP contribution in [0, 0.1) is 0 Å². The van der Waals surface area contributed by atoms with Crippen LogP contribution in [0.4, 0.5) is 4.79 Å². The van der Waals surface area contributed by atoms with Crippen molar-refractivity contribution in [3.8, 4) is 0 Å². The summed E-state index contributed by atoms with van der Waals surface area (Å²) in [5.74, 6) is -0.319. The maximum atomic E-state index is 11.7. The van der Waals surface area contributed by atoms with E-state index in [9.17, 15) is 9.59 Å². The molecule has 0 heterocycles. The molecule has 0 aliphatic heterocycles. The number of carbonyl (C=O) groups is 2. The summed E-state index contributed by atoms with van der Waals surface area (Å²) in [4.78, 5) is 22.1. The van der Waals surface area contributed by atoms with Crippen LogP contribution in [0.3, 0.4) is 0 Å². The molecule has 0 bridgehead atoms. The van der Waals surface area contributed by atoms with Crippen molar-refractivity contribution in [3.05, 3.63) is 35.9 Å². The Bertz CT molecular complexity index is 351. The molecule has 0 saturated carbocycles. The second-order valence-electron chi connectivity index (χ2n) is 2.97. The highest BCUT2D eigenvalue weighted by Crippen LogP contribution is 2.02. The highest BCUT2D eigenvalue weighted by Gasteiger charge is 2.19. The second kappa shape index (κ2) is 5.11. The Hall–Kier alpha value is -1.88. The van der Waals surface area contributed by atoms with Crippen molar-refractivity contribution in [3.63, 3.8) is 0 Å². The number of nitrogens with one attached hydrogen (secondary N) is 1. The molecule has 1 rings (SSSR count).